The molecule has 3 aromatic carbocycles. The van der Waals surface area contributed by atoms with Crippen molar-refractivity contribution in [3.05, 3.63) is 145 Å². The van der Waals surface area contributed by atoms with E-state index in [1.165, 1.54) is 35.7 Å². The molecule has 3 heterocycles. The van der Waals surface area contributed by atoms with E-state index in [0.717, 1.165) is 0 Å². The average molecular weight is 712 g/mol. The Morgan fingerprint density at radius 2 is 1.45 bits per heavy atom. The van der Waals surface area contributed by atoms with E-state index in [-0.39, 0.29) is 23.6 Å². The van der Waals surface area contributed by atoms with Crippen molar-refractivity contribution in [2.45, 2.75) is 30.5 Å². The molecule has 4 aromatic rings. The van der Waals surface area contributed by atoms with Gasteiger partial charge in [0.05, 0.1) is 0 Å². The fraction of sp³-hybridized carbons (Fsp3) is 0.200. The second-order valence-electron chi connectivity index (χ2n) is 11.3. The number of ether oxygens (including phenoxy) is 3. The van der Waals surface area contributed by atoms with E-state index in [1.807, 2.05) is 22.2 Å². The lowest BCUT2D eigenvalue weighted by atomic mass is 10.00. The number of fused-ring (bicyclic) bond motifs is 1. The molecule has 0 radical (unpaired) electrons. The summed E-state index contributed by atoms with van der Waals surface area (Å²) in [5.74, 6) is -4.15. The molecule has 15 nitrogen and oxygen atoms in total. The van der Waals surface area contributed by atoms with E-state index in [0.29, 0.717) is 16.7 Å². The molecule has 51 heavy (non-hydrogen) atoms. The molecule has 3 N–H and O–H groups in total. The third-order valence-electron chi connectivity index (χ3n) is 7.89. The molecule has 16 heteroatoms. The molecular formula is C35H29N5O10S. The smallest absolute Gasteiger partial charge is 0.365 e. The van der Waals surface area contributed by atoms with Crippen molar-refractivity contribution in [1.82, 2.24) is 25.4 Å². The molecular weight excluding hydrogens is 682 g/mol. The van der Waals surface area contributed by atoms with Gasteiger partial charge in [-0.05, 0) is 11.1 Å². The van der Waals surface area contributed by atoms with Gasteiger partial charge in [0.2, 0.25) is 11.8 Å². The van der Waals surface area contributed by atoms with Crippen LogP contribution < -0.4 is 16.6 Å². The number of thioether (sulfide) groups is 1. The molecule has 2 amide bonds. The number of carbonyl (C=O) groups is 5. The fourth-order valence-corrected chi connectivity index (χ4v) is 6.82. The summed E-state index contributed by atoms with van der Waals surface area (Å²) in [6.07, 6.45) is -2.48. The minimum atomic E-state index is -1.64. The number of nitrogens with zero attached hydrogens (tertiary/aromatic N) is 2. The molecule has 6 rings (SSSR count). The Kier molecular flexibility index (Phi) is 10.2. The predicted octanol–water partition coefficient (Wildman–Crippen LogP) is 1.91. The zero-order valence-electron chi connectivity index (χ0n) is 26.8. The van der Waals surface area contributed by atoms with Crippen LogP contribution >= 0.6 is 11.8 Å². The highest BCUT2D eigenvalue weighted by Crippen LogP contribution is 2.42. The fourth-order valence-electron chi connectivity index (χ4n) is 5.50. The van der Waals surface area contributed by atoms with Crippen LogP contribution in [0.2, 0.25) is 0 Å². The first-order valence-corrected chi connectivity index (χ1v) is 16.5. The first kappa shape index (κ1) is 34.6. The molecule has 0 spiro atoms. The number of carbonyl (C=O) groups excluding carboxylic acids is 5. The molecule has 1 saturated heterocycles. The first-order valence-electron chi connectivity index (χ1n) is 15.5. The minimum absolute atomic E-state index is 0.109. The van der Waals surface area contributed by atoms with Crippen LogP contribution in [0.25, 0.3) is 0 Å². The number of esters is 3. The van der Waals surface area contributed by atoms with E-state index in [2.05, 4.69) is 10.4 Å². The topological polar surface area (TPSA) is 207 Å². The number of rotatable bonds is 11. The summed E-state index contributed by atoms with van der Waals surface area (Å²) in [4.78, 5) is 92.7. The van der Waals surface area contributed by atoms with E-state index in [9.17, 15) is 33.6 Å². The van der Waals surface area contributed by atoms with Gasteiger partial charge in [-0.3, -0.25) is 29.1 Å². The summed E-state index contributed by atoms with van der Waals surface area (Å²) in [5.41, 5.74) is -1.07. The van der Waals surface area contributed by atoms with Gasteiger partial charge in [0.15, 0.2) is 6.10 Å². The van der Waals surface area contributed by atoms with Crippen LogP contribution in [-0.4, -0.2) is 73.6 Å². The lowest BCUT2D eigenvalue weighted by Gasteiger charge is -2.50. The molecule has 0 saturated carbocycles. The molecule has 1 unspecified atom stereocenters. The zero-order chi connectivity index (χ0) is 36.1. The number of hydrogen-bond donors (Lipinski definition) is 3. The van der Waals surface area contributed by atoms with Crippen LogP contribution in [-0.2, 0) is 33.4 Å². The Balaban J connectivity index is 1.26. The van der Waals surface area contributed by atoms with Gasteiger partial charge in [0, 0.05) is 23.8 Å². The highest BCUT2D eigenvalue weighted by Gasteiger charge is 2.55. The van der Waals surface area contributed by atoms with Crippen molar-refractivity contribution >= 4 is 41.5 Å². The van der Waals surface area contributed by atoms with Crippen molar-refractivity contribution in [3.8, 4) is 0 Å². The molecule has 2 aliphatic heterocycles. The van der Waals surface area contributed by atoms with Crippen molar-refractivity contribution in [3.63, 3.8) is 0 Å². The number of aromatic amines is 2. The van der Waals surface area contributed by atoms with E-state index in [4.69, 9.17) is 14.2 Å². The number of β-lactam (4-membered cyclic amide) rings is 1. The number of hydrogen-bond acceptors (Lipinski definition) is 12. The summed E-state index contributed by atoms with van der Waals surface area (Å²) in [6, 6.07) is 24.8. The number of aromatic nitrogens is 3. The Labute approximate surface area is 293 Å². The molecule has 0 bridgehead atoms. The maximum absolute atomic E-state index is 14.0. The van der Waals surface area contributed by atoms with E-state index < -0.39 is 70.3 Å². The maximum atomic E-state index is 14.0. The van der Waals surface area contributed by atoms with Crippen LogP contribution in [0.4, 0.5) is 0 Å². The lowest BCUT2D eigenvalue weighted by molar-refractivity contribution is -0.155. The highest BCUT2D eigenvalue weighted by atomic mass is 32.2. The van der Waals surface area contributed by atoms with Gasteiger partial charge in [-0.2, -0.15) is 5.10 Å². The highest BCUT2D eigenvalue weighted by molar-refractivity contribution is 8.00. The van der Waals surface area contributed by atoms with Gasteiger partial charge < -0.3 is 19.5 Å². The standard InChI is InChI=1S/C35H29N5O10S/c1-19(41)48-17-23-18-51-32-25(36-30(43)28(22-15-9-4-10-16-22)50-33(45)24-29(42)37-35(47)39-38-24)31(44)40(32)26(23)34(46)49-27(20-11-5-2-6-12-20)21-13-7-3-8-14-21/h2-16,25,27-28,32H,17-18H2,1H3,(H,36,43)(H2,37,39,42,47)/t25-,28?,32+/m0/s1. The van der Waals surface area contributed by atoms with Crippen molar-refractivity contribution in [2.75, 3.05) is 12.4 Å². The van der Waals surface area contributed by atoms with Crippen LogP contribution in [0.5, 0.6) is 0 Å². The van der Waals surface area contributed by atoms with Crippen LogP contribution in [0.15, 0.2) is 112 Å². The molecule has 0 aliphatic carbocycles. The monoisotopic (exact) mass is 711 g/mol. The number of benzene rings is 3. The Morgan fingerprint density at radius 1 is 0.863 bits per heavy atom. The van der Waals surface area contributed by atoms with Crippen LogP contribution in [0, 0.1) is 0 Å². The maximum Gasteiger partial charge on any atom is 0.365 e. The first-order chi connectivity index (χ1) is 24.6. The molecule has 260 valence electrons. The number of nitrogens with one attached hydrogen (secondary N) is 3. The number of amides is 2. The van der Waals surface area contributed by atoms with Crippen molar-refractivity contribution in [1.29, 1.82) is 0 Å². The average Bonchev–Trinajstić information content (AvgIpc) is 3.14. The van der Waals surface area contributed by atoms with Crippen molar-refractivity contribution in [2.24, 2.45) is 0 Å². The second-order valence-corrected chi connectivity index (χ2v) is 12.4. The molecule has 1 fully saturated rings. The summed E-state index contributed by atoms with van der Waals surface area (Å²) < 4.78 is 16.7. The third-order valence-corrected chi connectivity index (χ3v) is 9.23. The van der Waals surface area contributed by atoms with Gasteiger partial charge in [0.1, 0.15) is 23.7 Å². The minimum Gasteiger partial charge on any atom is -0.461 e. The zero-order valence-corrected chi connectivity index (χ0v) is 27.6. The summed E-state index contributed by atoms with van der Waals surface area (Å²) in [6.45, 7) is 0.948. The summed E-state index contributed by atoms with van der Waals surface area (Å²) in [7, 11) is 0. The molecule has 2 aliphatic rings. The largest absolute Gasteiger partial charge is 0.461 e. The van der Waals surface area contributed by atoms with Gasteiger partial charge in [0.25, 0.3) is 17.4 Å². The van der Waals surface area contributed by atoms with Gasteiger partial charge in [-0.15, -0.1) is 11.8 Å². The SMILES string of the molecule is CC(=O)OCC1=C(C(=O)OC(c2ccccc2)c2ccccc2)N2C(=O)[C@H](NC(=O)C(OC(=O)c3n[nH]c(=O)[nH]c3=O)c3ccccc3)[C@H]2SC1. The third kappa shape index (κ3) is 7.50. The van der Waals surface area contributed by atoms with E-state index in [1.54, 1.807) is 66.7 Å². The second kappa shape index (κ2) is 15.1. The van der Waals surface area contributed by atoms with Gasteiger partial charge >= 0.3 is 23.6 Å². The van der Waals surface area contributed by atoms with E-state index >= 15 is 0 Å². The summed E-state index contributed by atoms with van der Waals surface area (Å²) >= 11 is 1.22. The number of H-pyrrole nitrogens is 2. The Hall–Kier alpha value is -6.29. The molecule has 3 atom stereocenters. The van der Waals surface area contributed by atoms with Gasteiger partial charge in [-0.25, -0.2) is 19.5 Å². The van der Waals surface area contributed by atoms with Crippen molar-refractivity contribution < 1.29 is 38.2 Å². The van der Waals surface area contributed by atoms with Crippen LogP contribution in [0.3, 0.4) is 0 Å². The Morgan fingerprint density at radius 3 is 2.02 bits per heavy atom. The van der Waals surface area contributed by atoms with Crippen LogP contribution in [0.1, 0.15) is 46.3 Å². The normalized spacial score (nSPS) is 17.1. The quantitative estimate of drug-likeness (QED) is 0.116. The molecule has 1 aromatic heterocycles. The van der Waals surface area contributed by atoms with Gasteiger partial charge in [-0.1, -0.05) is 91.0 Å². The Bertz CT molecular complexity index is 2080. The lowest BCUT2D eigenvalue weighted by Crippen LogP contribution is -2.71. The predicted molar refractivity (Wildman–Crippen MR) is 180 cm³/mol. The summed E-state index contributed by atoms with van der Waals surface area (Å²) in [5, 5.41) is 7.18.